The first-order chi connectivity index (χ1) is 1.00. The molecule has 0 aromatic rings. The molecule has 0 unspecified atom stereocenters. The molecule has 0 atom stereocenters. The molecular formula is H7Li2NSi. The minimum absolute atomic E-state index is 0. The number of hydrogen-bond acceptors (Lipinski definition) is 1. The molecule has 0 spiro atoms. The van der Waals surface area contributed by atoms with Crippen LogP contribution >= 0.6 is 0 Å². The summed E-state index contributed by atoms with van der Waals surface area (Å²) >= 11 is 0. The third-order valence-corrected chi connectivity index (χ3v) is 0. The van der Waals surface area contributed by atoms with E-state index in [9.17, 15) is 0 Å². The van der Waals surface area contributed by atoms with Gasteiger partial charge in [-0.05, 0) is 0 Å². The summed E-state index contributed by atoms with van der Waals surface area (Å²) in [7, 11) is 0.806. The quantitative estimate of drug-likeness (QED) is 0.278. The molecule has 0 amide bonds. The van der Waals surface area contributed by atoms with E-state index >= 15 is 0 Å². The molecule has 4 heteroatoms. The number of rotatable bonds is 0. The minimum atomic E-state index is 0. The van der Waals surface area contributed by atoms with Gasteiger partial charge in [0.25, 0.3) is 0 Å². The standard InChI is InChI=1S/2Li.H5NSi.2H/c;;1-2;;/h;;1H2,2H3;;/q2*+1;;2*-1. The Morgan fingerprint density at radius 2 is 1.25 bits per heavy atom. The van der Waals surface area contributed by atoms with Crippen LogP contribution in [0.3, 0.4) is 0 Å². The van der Waals surface area contributed by atoms with Crippen molar-refractivity contribution in [1.82, 2.24) is 0 Å². The van der Waals surface area contributed by atoms with E-state index in [0.717, 1.165) is 10.4 Å². The van der Waals surface area contributed by atoms with Crippen molar-refractivity contribution in [3.8, 4) is 0 Å². The summed E-state index contributed by atoms with van der Waals surface area (Å²) in [6.45, 7) is 0. The van der Waals surface area contributed by atoms with Crippen molar-refractivity contribution in [2.24, 2.45) is 5.40 Å². The van der Waals surface area contributed by atoms with Crippen LogP contribution in [-0.4, -0.2) is 10.4 Å². The van der Waals surface area contributed by atoms with E-state index in [0.29, 0.717) is 0 Å². The van der Waals surface area contributed by atoms with Crippen LogP contribution in [0.25, 0.3) is 0 Å². The number of hydrogen-bond donors (Lipinski definition) is 1. The van der Waals surface area contributed by atoms with Crippen LogP contribution in [-0.2, 0) is 0 Å². The van der Waals surface area contributed by atoms with Gasteiger partial charge in [-0.2, -0.15) is 0 Å². The van der Waals surface area contributed by atoms with Crippen LogP contribution in [0.4, 0.5) is 0 Å². The van der Waals surface area contributed by atoms with Gasteiger partial charge in [-0.15, -0.1) is 0 Å². The van der Waals surface area contributed by atoms with Crippen LogP contribution in [0.1, 0.15) is 2.85 Å². The Morgan fingerprint density at radius 3 is 1.25 bits per heavy atom. The summed E-state index contributed by atoms with van der Waals surface area (Å²) in [5, 5.41) is 4.64. The molecule has 0 saturated heterocycles. The summed E-state index contributed by atoms with van der Waals surface area (Å²) in [5.74, 6) is 0. The normalized spacial score (nSPS) is 2.25. The molecule has 0 aliphatic rings. The van der Waals surface area contributed by atoms with Crippen molar-refractivity contribution in [3.05, 3.63) is 0 Å². The zero-order valence-corrected chi connectivity index (χ0v) is 5.58. The van der Waals surface area contributed by atoms with Gasteiger partial charge in [0.2, 0.25) is 0 Å². The van der Waals surface area contributed by atoms with E-state index in [1.807, 2.05) is 0 Å². The first kappa shape index (κ1) is 18.3. The van der Waals surface area contributed by atoms with E-state index in [1.165, 1.54) is 0 Å². The molecule has 0 radical (unpaired) electrons. The molecule has 0 aliphatic carbocycles. The van der Waals surface area contributed by atoms with Crippen molar-refractivity contribution >= 4 is 10.4 Å². The molecule has 1 nitrogen and oxygen atoms in total. The zero-order chi connectivity index (χ0) is 2.00. The smallest absolute Gasteiger partial charge is 1.00 e. The van der Waals surface area contributed by atoms with Gasteiger partial charge >= 0.3 is 37.7 Å². The monoisotopic (exact) mass is 63.1 g/mol. The third-order valence-electron chi connectivity index (χ3n) is 0. The Hall–Kier alpha value is 1.37. The van der Waals surface area contributed by atoms with Gasteiger partial charge in [0.1, 0.15) is 0 Å². The molecule has 0 bridgehead atoms. The second kappa shape index (κ2) is 26.4. The van der Waals surface area contributed by atoms with Gasteiger partial charge in [0, 0.05) is 0 Å². The zero-order valence-electron chi connectivity index (χ0n) is 5.58. The van der Waals surface area contributed by atoms with Crippen LogP contribution in [0.5, 0.6) is 0 Å². The maximum atomic E-state index is 4.64. The number of nitrogens with two attached hydrogens (primary N) is 1. The van der Waals surface area contributed by atoms with Crippen molar-refractivity contribution < 1.29 is 40.6 Å². The summed E-state index contributed by atoms with van der Waals surface area (Å²) < 4.78 is 0. The molecule has 4 heavy (non-hydrogen) atoms. The first-order valence-corrected chi connectivity index (χ1v) is 1.73. The fourth-order valence-electron chi connectivity index (χ4n) is 0. The Balaban J connectivity index is -0.000000000833. The average Bonchev–Trinajstić information content (AvgIpc) is 1.00. The van der Waals surface area contributed by atoms with Gasteiger partial charge in [0.15, 0.2) is 0 Å². The molecule has 0 saturated carbocycles. The predicted molar refractivity (Wildman–Crippen MR) is 16.4 cm³/mol. The molecule has 0 rings (SSSR count). The molecule has 0 heterocycles. The molecular weight excluding hydrogens is 56.0 g/mol. The largest absolute Gasteiger partial charge is 1.00 e. The summed E-state index contributed by atoms with van der Waals surface area (Å²) in [4.78, 5) is 0. The summed E-state index contributed by atoms with van der Waals surface area (Å²) in [6, 6.07) is 0. The van der Waals surface area contributed by atoms with Gasteiger partial charge in [-0.3, -0.25) is 0 Å². The maximum absolute atomic E-state index is 4.64. The molecule has 0 aliphatic heterocycles. The van der Waals surface area contributed by atoms with Crippen molar-refractivity contribution in [2.75, 3.05) is 0 Å². The molecule has 0 aromatic heterocycles. The van der Waals surface area contributed by atoms with Gasteiger partial charge in [0.05, 0.1) is 10.4 Å². The second-order valence-electron chi connectivity index (χ2n) is 0. The SMILES string of the molecule is N[SiH3].[H-].[H-].[Li+].[Li+]. The Morgan fingerprint density at radius 1 is 1.25 bits per heavy atom. The molecule has 2 N–H and O–H groups in total. The van der Waals surface area contributed by atoms with Crippen LogP contribution < -0.4 is 43.1 Å². The van der Waals surface area contributed by atoms with Crippen molar-refractivity contribution in [2.45, 2.75) is 0 Å². The fourth-order valence-corrected chi connectivity index (χ4v) is 0. The van der Waals surface area contributed by atoms with Crippen molar-refractivity contribution in [3.63, 3.8) is 0 Å². The Labute approximate surface area is 56.5 Å². The molecule has 0 aromatic carbocycles. The van der Waals surface area contributed by atoms with Gasteiger partial charge in [-0.25, -0.2) is 0 Å². The maximum Gasteiger partial charge on any atom is 1.00 e. The first-order valence-electron chi connectivity index (χ1n) is 0.577. The van der Waals surface area contributed by atoms with E-state index < -0.39 is 0 Å². The van der Waals surface area contributed by atoms with E-state index in [1.54, 1.807) is 0 Å². The molecule has 18 valence electrons. The second-order valence-corrected chi connectivity index (χ2v) is 0. The summed E-state index contributed by atoms with van der Waals surface area (Å²) in [5.41, 5.74) is 0. The average molecular weight is 63.0 g/mol. The Kier molecular flexibility index (Phi) is 121. The Bertz CT molecular complexity index is 11.5. The van der Waals surface area contributed by atoms with E-state index in [2.05, 4.69) is 5.40 Å². The van der Waals surface area contributed by atoms with Crippen LogP contribution in [0.2, 0.25) is 0 Å². The van der Waals surface area contributed by atoms with Crippen LogP contribution in [0.15, 0.2) is 0 Å². The van der Waals surface area contributed by atoms with Gasteiger partial charge in [-0.1, -0.05) is 0 Å². The summed E-state index contributed by atoms with van der Waals surface area (Å²) in [6.07, 6.45) is 0. The van der Waals surface area contributed by atoms with Crippen molar-refractivity contribution in [1.29, 1.82) is 0 Å². The topological polar surface area (TPSA) is 26.0 Å². The van der Waals surface area contributed by atoms with Gasteiger partial charge < -0.3 is 8.25 Å². The third kappa shape index (κ3) is 10.1. The predicted octanol–water partition coefficient (Wildman–Crippen LogP) is -7.54. The fraction of sp³-hybridized carbons (Fsp3) is 0. The minimum Gasteiger partial charge on any atom is -1.00 e. The van der Waals surface area contributed by atoms with Crippen LogP contribution in [0, 0.1) is 0 Å². The van der Waals surface area contributed by atoms with E-state index in [4.69, 9.17) is 0 Å². The van der Waals surface area contributed by atoms with E-state index in [-0.39, 0.29) is 40.6 Å². The molecule has 0 fully saturated rings.